The molecule has 0 aliphatic carbocycles. The number of carbonyl (C=O) groups excluding carboxylic acids is 2. The minimum atomic E-state index is -3.68. The maximum atomic E-state index is 12.1. The van der Waals surface area contributed by atoms with E-state index in [1.54, 1.807) is 13.8 Å². The van der Waals surface area contributed by atoms with Crippen molar-refractivity contribution < 1.29 is 27.5 Å². The lowest BCUT2D eigenvalue weighted by molar-refractivity contribution is -0.143. The van der Waals surface area contributed by atoms with Gasteiger partial charge >= 0.3 is 11.9 Å². The summed E-state index contributed by atoms with van der Waals surface area (Å²) >= 11 is 0. The number of nitrogens with one attached hydrogen (secondary N) is 1. The molecule has 0 atom stereocenters. The highest BCUT2D eigenvalue weighted by Crippen LogP contribution is 2.11. The van der Waals surface area contributed by atoms with Gasteiger partial charge in [0.25, 0.3) is 0 Å². The summed E-state index contributed by atoms with van der Waals surface area (Å²) in [6, 6.07) is 5.45. The van der Waals surface area contributed by atoms with E-state index in [2.05, 4.69) is 4.72 Å². The van der Waals surface area contributed by atoms with Gasteiger partial charge in [-0.1, -0.05) is 0 Å². The second kappa shape index (κ2) is 9.26. The molecule has 0 amide bonds. The summed E-state index contributed by atoms with van der Waals surface area (Å²) in [6.45, 7) is 4.08. The number of hydrogen-bond acceptors (Lipinski definition) is 6. The Balaban J connectivity index is 2.56. The van der Waals surface area contributed by atoms with E-state index in [1.165, 1.54) is 24.3 Å². The summed E-state index contributed by atoms with van der Waals surface area (Å²) < 4.78 is 36.1. The van der Waals surface area contributed by atoms with E-state index in [0.717, 1.165) is 0 Å². The van der Waals surface area contributed by atoms with Crippen molar-refractivity contribution in [2.45, 2.75) is 31.6 Å². The molecule has 0 heterocycles. The third-order valence-corrected chi connectivity index (χ3v) is 4.31. The summed E-state index contributed by atoms with van der Waals surface area (Å²) in [5.74, 6) is -0.857. The van der Waals surface area contributed by atoms with Gasteiger partial charge in [-0.05, 0) is 44.5 Å². The van der Waals surface area contributed by atoms with Crippen molar-refractivity contribution in [3.05, 3.63) is 29.8 Å². The van der Waals surface area contributed by atoms with E-state index in [1.807, 2.05) is 0 Å². The zero-order valence-corrected chi connectivity index (χ0v) is 14.0. The van der Waals surface area contributed by atoms with Crippen LogP contribution in [0.3, 0.4) is 0 Å². The molecule has 8 heteroatoms. The van der Waals surface area contributed by atoms with Gasteiger partial charge in [-0.3, -0.25) is 4.79 Å². The number of hydrogen-bond donors (Lipinski definition) is 1. The van der Waals surface area contributed by atoms with Crippen LogP contribution in [0.1, 0.15) is 37.0 Å². The van der Waals surface area contributed by atoms with Crippen LogP contribution in [-0.4, -0.2) is 40.1 Å². The second-order valence-corrected chi connectivity index (χ2v) is 6.32. The molecule has 1 aromatic rings. The lowest BCUT2D eigenvalue weighted by Crippen LogP contribution is -2.25. The Morgan fingerprint density at radius 1 is 1.04 bits per heavy atom. The van der Waals surface area contributed by atoms with Crippen molar-refractivity contribution in [1.29, 1.82) is 0 Å². The molecule has 1 N–H and O–H groups in total. The summed E-state index contributed by atoms with van der Waals surface area (Å²) in [4.78, 5) is 22.7. The predicted octanol–water partition coefficient (Wildman–Crippen LogP) is 1.48. The Morgan fingerprint density at radius 3 is 2.22 bits per heavy atom. The molecule has 128 valence electrons. The van der Waals surface area contributed by atoms with Crippen LogP contribution in [-0.2, 0) is 24.3 Å². The predicted molar refractivity (Wildman–Crippen MR) is 83.5 cm³/mol. The van der Waals surface area contributed by atoms with Crippen LogP contribution < -0.4 is 4.72 Å². The summed E-state index contributed by atoms with van der Waals surface area (Å²) in [7, 11) is -3.68. The van der Waals surface area contributed by atoms with Gasteiger partial charge in [0, 0.05) is 13.0 Å². The lowest BCUT2D eigenvalue weighted by Gasteiger charge is -2.07. The van der Waals surface area contributed by atoms with E-state index in [0.29, 0.717) is 13.0 Å². The molecule has 23 heavy (non-hydrogen) atoms. The fraction of sp³-hybridized carbons (Fsp3) is 0.467. The molecule has 1 rings (SSSR count). The molecule has 0 radical (unpaired) electrons. The average molecular weight is 343 g/mol. The molecule has 1 aromatic carbocycles. The number of ether oxygens (including phenoxy) is 2. The molecule has 0 aliphatic heterocycles. The second-order valence-electron chi connectivity index (χ2n) is 4.55. The first-order valence-electron chi connectivity index (χ1n) is 7.33. The summed E-state index contributed by atoms with van der Waals surface area (Å²) in [5.41, 5.74) is 0.285. The molecule has 0 fully saturated rings. The van der Waals surface area contributed by atoms with E-state index in [4.69, 9.17) is 9.47 Å². The molecule has 0 saturated heterocycles. The quantitative estimate of drug-likeness (QED) is 0.539. The molecule has 0 aromatic heterocycles. The van der Waals surface area contributed by atoms with Crippen LogP contribution in [0.2, 0.25) is 0 Å². The Bertz CT molecular complexity index is 624. The van der Waals surface area contributed by atoms with Crippen molar-refractivity contribution in [3.63, 3.8) is 0 Å². The standard InChI is InChI=1S/C15H21NO6S/c1-3-21-14(17)6-5-11-16-23(19,20)13-9-7-12(8-10-13)15(18)22-4-2/h7-10,16H,3-6,11H2,1-2H3. The fourth-order valence-electron chi connectivity index (χ4n) is 1.74. The zero-order chi connectivity index (χ0) is 17.3. The Morgan fingerprint density at radius 2 is 1.65 bits per heavy atom. The normalized spacial score (nSPS) is 11.0. The fourth-order valence-corrected chi connectivity index (χ4v) is 2.81. The van der Waals surface area contributed by atoms with Crippen molar-refractivity contribution in [1.82, 2.24) is 4.72 Å². The van der Waals surface area contributed by atoms with Gasteiger partial charge in [0.1, 0.15) is 0 Å². The van der Waals surface area contributed by atoms with Gasteiger partial charge in [0.05, 0.1) is 23.7 Å². The van der Waals surface area contributed by atoms with Gasteiger partial charge in [0.15, 0.2) is 0 Å². The van der Waals surface area contributed by atoms with Crippen molar-refractivity contribution in [2.24, 2.45) is 0 Å². The summed E-state index contributed by atoms with van der Waals surface area (Å²) in [5, 5.41) is 0. The van der Waals surface area contributed by atoms with E-state index in [9.17, 15) is 18.0 Å². The number of carbonyl (C=O) groups is 2. The van der Waals surface area contributed by atoms with Crippen LogP contribution in [0.5, 0.6) is 0 Å². The molecule has 0 unspecified atom stereocenters. The summed E-state index contributed by atoms with van der Waals surface area (Å²) in [6.07, 6.45) is 0.497. The van der Waals surface area contributed by atoms with Crippen LogP contribution in [0.15, 0.2) is 29.2 Å². The minimum Gasteiger partial charge on any atom is -0.466 e. The van der Waals surface area contributed by atoms with Gasteiger partial charge < -0.3 is 9.47 Å². The smallest absolute Gasteiger partial charge is 0.338 e. The maximum absolute atomic E-state index is 12.1. The molecular weight excluding hydrogens is 322 g/mol. The Kier molecular flexibility index (Phi) is 7.70. The molecule has 0 saturated carbocycles. The van der Waals surface area contributed by atoms with E-state index in [-0.39, 0.29) is 36.0 Å². The van der Waals surface area contributed by atoms with Crippen molar-refractivity contribution in [2.75, 3.05) is 19.8 Å². The van der Waals surface area contributed by atoms with Gasteiger partial charge in [0.2, 0.25) is 10.0 Å². The zero-order valence-electron chi connectivity index (χ0n) is 13.2. The Hall–Kier alpha value is -1.93. The number of sulfonamides is 1. The first-order valence-corrected chi connectivity index (χ1v) is 8.81. The third kappa shape index (κ3) is 6.37. The van der Waals surface area contributed by atoms with Crippen LogP contribution in [0.4, 0.5) is 0 Å². The topological polar surface area (TPSA) is 98.8 Å². The molecule has 0 bridgehead atoms. The first-order chi connectivity index (χ1) is 10.9. The molecule has 0 spiro atoms. The SMILES string of the molecule is CCOC(=O)CCCNS(=O)(=O)c1ccc(C(=O)OCC)cc1. The van der Waals surface area contributed by atoms with Gasteiger partial charge in [-0.2, -0.15) is 0 Å². The Labute approximate surface area is 136 Å². The van der Waals surface area contributed by atoms with E-state index >= 15 is 0 Å². The highest BCUT2D eigenvalue weighted by Gasteiger charge is 2.15. The largest absolute Gasteiger partial charge is 0.466 e. The van der Waals surface area contributed by atoms with Crippen LogP contribution in [0, 0.1) is 0 Å². The van der Waals surface area contributed by atoms with Gasteiger partial charge in [-0.15, -0.1) is 0 Å². The molecule has 7 nitrogen and oxygen atoms in total. The highest BCUT2D eigenvalue weighted by molar-refractivity contribution is 7.89. The van der Waals surface area contributed by atoms with E-state index < -0.39 is 16.0 Å². The minimum absolute atomic E-state index is 0.0432. The number of esters is 2. The molecule has 0 aliphatic rings. The van der Waals surface area contributed by atoms with Crippen molar-refractivity contribution >= 4 is 22.0 Å². The lowest BCUT2D eigenvalue weighted by atomic mass is 10.2. The van der Waals surface area contributed by atoms with Crippen LogP contribution >= 0.6 is 0 Å². The van der Waals surface area contributed by atoms with Crippen LogP contribution in [0.25, 0.3) is 0 Å². The highest BCUT2D eigenvalue weighted by atomic mass is 32.2. The number of benzene rings is 1. The third-order valence-electron chi connectivity index (χ3n) is 2.83. The number of rotatable bonds is 9. The van der Waals surface area contributed by atoms with Crippen molar-refractivity contribution in [3.8, 4) is 0 Å². The molecular formula is C15H21NO6S. The average Bonchev–Trinajstić information content (AvgIpc) is 2.52. The maximum Gasteiger partial charge on any atom is 0.338 e. The van der Waals surface area contributed by atoms with Gasteiger partial charge in [-0.25, -0.2) is 17.9 Å². The first kappa shape index (κ1) is 19.1. The monoisotopic (exact) mass is 343 g/mol.